The van der Waals surface area contributed by atoms with Gasteiger partial charge in [-0.3, -0.25) is 0 Å². The fourth-order valence-corrected chi connectivity index (χ4v) is 2.16. The van der Waals surface area contributed by atoms with Crippen molar-refractivity contribution in [2.45, 2.75) is 19.8 Å². The second kappa shape index (κ2) is 5.89. The molecule has 0 amide bonds. The van der Waals surface area contributed by atoms with Gasteiger partial charge in [0.2, 0.25) is 0 Å². The van der Waals surface area contributed by atoms with Crippen LogP contribution in [0, 0.1) is 11.8 Å². The van der Waals surface area contributed by atoms with E-state index in [1.165, 1.54) is 5.56 Å². The van der Waals surface area contributed by atoms with E-state index in [9.17, 15) is 0 Å². The van der Waals surface area contributed by atoms with Crippen LogP contribution in [0.4, 0.5) is 0 Å². The van der Waals surface area contributed by atoms with Crippen LogP contribution in [0.1, 0.15) is 36.5 Å². The van der Waals surface area contributed by atoms with Crippen LogP contribution in [0.3, 0.4) is 0 Å². The Labute approximate surface area is 117 Å². The van der Waals surface area contributed by atoms with Crippen molar-refractivity contribution < 1.29 is 0 Å². The summed E-state index contributed by atoms with van der Waals surface area (Å²) in [5.41, 5.74) is 3.44. The van der Waals surface area contributed by atoms with Crippen molar-refractivity contribution in [3.05, 3.63) is 69.7 Å². The lowest BCUT2D eigenvalue weighted by Gasteiger charge is -2.08. The zero-order valence-electron chi connectivity index (χ0n) is 10.6. The van der Waals surface area contributed by atoms with Crippen molar-refractivity contribution in [1.82, 2.24) is 0 Å². The fraction of sp³-hybridized carbons (Fsp3) is 0.176. The van der Waals surface area contributed by atoms with E-state index in [1.807, 2.05) is 36.4 Å². The molecule has 0 unspecified atom stereocenters. The molecule has 0 aliphatic rings. The average Bonchev–Trinajstić information content (AvgIpc) is 2.38. The highest BCUT2D eigenvalue weighted by Crippen LogP contribution is 2.23. The van der Waals surface area contributed by atoms with Gasteiger partial charge in [-0.2, -0.15) is 0 Å². The molecule has 90 valence electrons. The third kappa shape index (κ3) is 3.24. The maximum absolute atomic E-state index is 3.51. The summed E-state index contributed by atoms with van der Waals surface area (Å²) in [4.78, 5) is 0. The Balaban J connectivity index is 2.38. The SMILES string of the molecule is CC(C)c1cc(Br)ccc1C#Cc1ccccc1. The van der Waals surface area contributed by atoms with Gasteiger partial charge < -0.3 is 0 Å². The van der Waals surface area contributed by atoms with Crippen molar-refractivity contribution in [3.63, 3.8) is 0 Å². The number of hydrogen-bond acceptors (Lipinski definition) is 0. The summed E-state index contributed by atoms with van der Waals surface area (Å²) < 4.78 is 1.11. The molecule has 0 aliphatic carbocycles. The van der Waals surface area contributed by atoms with Crippen LogP contribution in [0.5, 0.6) is 0 Å². The van der Waals surface area contributed by atoms with E-state index >= 15 is 0 Å². The van der Waals surface area contributed by atoms with Crippen LogP contribution >= 0.6 is 15.9 Å². The lowest BCUT2D eigenvalue weighted by atomic mass is 9.97. The fourth-order valence-electron chi connectivity index (χ4n) is 1.79. The largest absolute Gasteiger partial charge is 0.0622 e. The Morgan fingerprint density at radius 1 is 0.944 bits per heavy atom. The molecule has 0 N–H and O–H groups in total. The van der Waals surface area contributed by atoms with E-state index in [1.54, 1.807) is 0 Å². The summed E-state index contributed by atoms with van der Waals surface area (Å²) in [5.74, 6) is 6.95. The molecule has 0 nitrogen and oxygen atoms in total. The van der Waals surface area contributed by atoms with Gasteiger partial charge in [0.1, 0.15) is 0 Å². The first-order valence-electron chi connectivity index (χ1n) is 6.03. The van der Waals surface area contributed by atoms with Crippen LogP contribution in [0.15, 0.2) is 53.0 Å². The summed E-state index contributed by atoms with van der Waals surface area (Å²) in [6, 6.07) is 16.4. The number of halogens is 1. The molecule has 0 aromatic heterocycles. The molecule has 2 aromatic carbocycles. The van der Waals surface area contributed by atoms with Gasteiger partial charge in [0, 0.05) is 15.6 Å². The third-order valence-corrected chi connectivity index (χ3v) is 3.24. The van der Waals surface area contributed by atoms with Crippen molar-refractivity contribution in [2.24, 2.45) is 0 Å². The number of benzene rings is 2. The molecule has 0 aliphatic heterocycles. The maximum Gasteiger partial charge on any atom is 0.0284 e. The Morgan fingerprint density at radius 2 is 1.67 bits per heavy atom. The zero-order chi connectivity index (χ0) is 13.0. The maximum atomic E-state index is 3.51. The van der Waals surface area contributed by atoms with E-state index in [0.29, 0.717) is 5.92 Å². The van der Waals surface area contributed by atoms with E-state index in [2.05, 4.69) is 53.8 Å². The zero-order valence-corrected chi connectivity index (χ0v) is 12.2. The van der Waals surface area contributed by atoms with Gasteiger partial charge in [-0.05, 0) is 41.8 Å². The minimum Gasteiger partial charge on any atom is -0.0622 e. The molecule has 1 heteroatoms. The molecule has 0 saturated heterocycles. The molecule has 18 heavy (non-hydrogen) atoms. The second-order valence-corrected chi connectivity index (χ2v) is 5.42. The molecule has 2 rings (SSSR count). The highest BCUT2D eigenvalue weighted by Gasteiger charge is 2.05. The van der Waals surface area contributed by atoms with Gasteiger partial charge in [0.05, 0.1) is 0 Å². The van der Waals surface area contributed by atoms with Gasteiger partial charge in [-0.1, -0.05) is 59.8 Å². The molecule has 0 heterocycles. The van der Waals surface area contributed by atoms with E-state index < -0.39 is 0 Å². The van der Waals surface area contributed by atoms with Crippen molar-refractivity contribution >= 4 is 15.9 Å². The Kier molecular flexibility index (Phi) is 4.23. The monoisotopic (exact) mass is 298 g/mol. The van der Waals surface area contributed by atoms with Crippen LogP contribution in [-0.4, -0.2) is 0 Å². The summed E-state index contributed by atoms with van der Waals surface area (Å²) in [6.07, 6.45) is 0. The molecule has 0 atom stereocenters. The van der Waals surface area contributed by atoms with Crippen molar-refractivity contribution in [1.29, 1.82) is 0 Å². The van der Waals surface area contributed by atoms with Crippen LogP contribution in [0.2, 0.25) is 0 Å². The summed E-state index contributed by atoms with van der Waals surface area (Å²) in [7, 11) is 0. The first-order valence-corrected chi connectivity index (χ1v) is 6.82. The average molecular weight is 299 g/mol. The first kappa shape index (κ1) is 12.9. The van der Waals surface area contributed by atoms with Crippen molar-refractivity contribution in [3.8, 4) is 11.8 Å². The molecule has 0 saturated carbocycles. The molecule has 0 bridgehead atoms. The number of hydrogen-bond donors (Lipinski definition) is 0. The normalized spacial score (nSPS) is 10.0. The lowest BCUT2D eigenvalue weighted by Crippen LogP contribution is -1.92. The summed E-state index contributed by atoms with van der Waals surface area (Å²) in [6.45, 7) is 4.38. The molecule has 0 fully saturated rings. The van der Waals surface area contributed by atoms with E-state index in [4.69, 9.17) is 0 Å². The van der Waals surface area contributed by atoms with Gasteiger partial charge in [-0.25, -0.2) is 0 Å². The summed E-state index contributed by atoms with van der Waals surface area (Å²) >= 11 is 3.51. The van der Waals surface area contributed by atoms with Gasteiger partial charge >= 0.3 is 0 Å². The Hall–Kier alpha value is -1.52. The van der Waals surface area contributed by atoms with Gasteiger partial charge in [-0.15, -0.1) is 0 Å². The minimum absolute atomic E-state index is 0.475. The molecule has 2 aromatic rings. The van der Waals surface area contributed by atoms with Crippen LogP contribution in [0.25, 0.3) is 0 Å². The minimum atomic E-state index is 0.475. The second-order valence-electron chi connectivity index (χ2n) is 4.50. The highest BCUT2D eigenvalue weighted by atomic mass is 79.9. The third-order valence-electron chi connectivity index (χ3n) is 2.75. The molecule has 0 spiro atoms. The predicted molar refractivity (Wildman–Crippen MR) is 80.7 cm³/mol. The molecular formula is C17H15Br. The van der Waals surface area contributed by atoms with Crippen LogP contribution < -0.4 is 0 Å². The first-order chi connectivity index (χ1) is 8.66. The quantitative estimate of drug-likeness (QED) is 0.652. The Bertz CT molecular complexity index is 586. The van der Waals surface area contributed by atoms with Crippen molar-refractivity contribution in [2.75, 3.05) is 0 Å². The number of rotatable bonds is 1. The lowest BCUT2D eigenvalue weighted by molar-refractivity contribution is 0.862. The standard InChI is InChI=1S/C17H15Br/c1-13(2)17-12-16(18)11-10-15(17)9-8-14-6-4-3-5-7-14/h3-7,10-13H,1-2H3. The van der Waals surface area contributed by atoms with E-state index in [-0.39, 0.29) is 0 Å². The molecule has 0 radical (unpaired) electrons. The summed E-state index contributed by atoms with van der Waals surface area (Å²) in [5, 5.41) is 0. The molecular weight excluding hydrogens is 284 g/mol. The smallest absolute Gasteiger partial charge is 0.0284 e. The predicted octanol–water partition coefficient (Wildman–Crippen LogP) is 4.97. The highest BCUT2D eigenvalue weighted by molar-refractivity contribution is 9.10. The Morgan fingerprint density at radius 3 is 2.33 bits per heavy atom. The van der Waals surface area contributed by atoms with Crippen LogP contribution in [-0.2, 0) is 0 Å². The topological polar surface area (TPSA) is 0 Å². The van der Waals surface area contributed by atoms with Gasteiger partial charge in [0.15, 0.2) is 0 Å². The van der Waals surface area contributed by atoms with E-state index in [0.717, 1.165) is 15.6 Å². The van der Waals surface area contributed by atoms with Gasteiger partial charge in [0.25, 0.3) is 0 Å².